The zero-order valence-electron chi connectivity index (χ0n) is 31.1. The van der Waals surface area contributed by atoms with Crippen LogP contribution in [-0.4, -0.2) is 74.8 Å². The van der Waals surface area contributed by atoms with Gasteiger partial charge in [-0.3, -0.25) is 0 Å². The summed E-state index contributed by atoms with van der Waals surface area (Å²) in [6, 6.07) is 19.4. The molecule has 3 aromatic carbocycles. The van der Waals surface area contributed by atoms with E-state index in [2.05, 4.69) is 62.8 Å². The molecule has 14 heteroatoms. The maximum absolute atomic E-state index is 14.9. The number of nitrogens with zero attached hydrogens (tertiary/aromatic N) is 8. The molecule has 54 heavy (non-hydrogen) atoms. The molecule has 284 valence electrons. The minimum Gasteiger partial charge on any atom is -0.488 e. The predicted octanol–water partition coefficient (Wildman–Crippen LogP) is 5.97. The quantitative estimate of drug-likeness (QED) is 0.143. The van der Waals surface area contributed by atoms with Crippen LogP contribution in [-0.2, 0) is 21.6 Å². The van der Waals surface area contributed by atoms with Gasteiger partial charge in [-0.2, -0.15) is 10.2 Å². The molecule has 7 rings (SSSR count). The van der Waals surface area contributed by atoms with E-state index in [4.69, 9.17) is 14.2 Å². The molecule has 0 bridgehead atoms. The molecule has 2 aromatic heterocycles. The molecule has 2 atom stereocenters. The first kappa shape index (κ1) is 38.2. The van der Waals surface area contributed by atoms with Gasteiger partial charge in [0.05, 0.1) is 24.9 Å². The molecule has 0 N–H and O–H groups in total. The minimum absolute atomic E-state index is 0.0304. The fourth-order valence-electron chi connectivity index (χ4n) is 6.72. The Morgan fingerprint density at radius 2 is 1.50 bits per heavy atom. The molecule has 12 nitrogen and oxygen atoms in total. The smallest absolute Gasteiger partial charge is 0.350 e. The minimum atomic E-state index is -1.23. The largest absolute Gasteiger partial charge is 0.488 e. The summed E-state index contributed by atoms with van der Waals surface area (Å²) in [6.45, 7) is 11.4. The lowest BCUT2D eigenvalue weighted by atomic mass is 9.94. The van der Waals surface area contributed by atoms with Crippen molar-refractivity contribution in [1.82, 2.24) is 29.1 Å². The number of ether oxygens (including phenoxy) is 3. The van der Waals surface area contributed by atoms with Crippen molar-refractivity contribution < 1.29 is 23.0 Å². The summed E-state index contributed by atoms with van der Waals surface area (Å²) in [5, 5.41) is 8.49. The van der Waals surface area contributed by atoms with Crippen LogP contribution in [0.2, 0.25) is 0 Å². The molecule has 2 aliphatic heterocycles. The average Bonchev–Trinajstić information content (AvgIpc) is 3.96. The van der Waals surface area contributed by atoms with E-state index in [1.165, 1.54) is 29.5 Å². The normalized spacial score (nSPS) is 18.2. The Labute approximate surface area is 313 Å². The van der Waals surface area contributed by atoms with Gasteiger partial charge in [-0.05, 0) is 81.3 Å². The average molecular weight is 741 g/mol. The number of halogens is 2. The van der Waals surface area contributed by atoms with Gasteiger partial charge in [-0.15, -0.1) is 11.8 Å². The molecule has 5 aromatic rings. The van der Waals surface area contributed by atoms with Crippen molar-refractivity contribution in [2.75, 3.05) is 49.2 Å². The second kappa shape index (κ2) is 17.5. The van der Waals surface area contributed by atoms with Gasteiger partial charge >= 0.3 is 5.69 Å². The van der Waals surface area contributed by atoms with Crippen molar-refractivity contribution >= 4 is 11.4 Å². The number of hydrogen-bond acceptors (Lipinski definition) is 9. The van der Waals surface area contributed by atoms with E-state index in [0.29, 0.717) is 5.75 Å². The highest BCUT2D eigenvalue weighted by atomic mass is 19.1. The van der Waals surface area contributed by atoms with Gasteiger partial charge in [-0.1, -0.05) is 19.9 Å². The third-order valence-corrected chi connectivity index (χ3v) is 9.76. The number of piperazine rings is 1. The monoisotopic (exact) mass is 740 g/mol. The number of rotatable bonds is 12. The summed E-state index contributed by atoms with van der Waals surface area (Å²) in [4.78, 5) is 21.6. The summed E-state index contributed by atoms with van der Waals surface area (Å²) in [5.41, 5.74) is 1.84. The van der Waals surface area contributed by atoms with Gasteiger partial charge in [0.25, 0.3) is 0 Å². The molecule has 1 unspecified atom stereocenters. The standard InChI is InChI=1S/C36H40F2N8O4.C4H6/c1-3-27(4-2)46-35(47)45(25-41-46)30-8-6-28(7-9-30)42-15-17-43(18-16-42)29-10-12-31(13-11-29)48-20-34-49-22-36(50-34,21-44-24-39-23-40-44)32-14-5-26(37)19-33(32)38;1-3-4-2/h5-14,19,23-25,27,34H,3-4,15-18,20-22H2,1-2H3;1-2H3/t34-,36?;/m0./s1. The Balaban J connectivity index is 0.00000119. The van der Waals surface area contributed by atoms with E-state index in [-0.39, 0.29) is 37.1 Å². The lowest BCUT2D eigenvalue weighted by Gasteiger charge is -2.37. The highest BCUT2D eigenvalue weighted by molar-refractivity contribution is 5.54. The fourth-order valence-corrected chi connectivity index (χ4v) is 6.72. The van der Waals surface area contributed by atoms with E-state index in [1.807, 2.05) is 50.2 Å². The van der Waals surface area contributed by atoms with Crippen LogP contribution in [0.3, 0.4) is 0 Å². The zero-order chi connectivity index (χ0) is 38.1. The third-order valence-electron chi connectivity index (χ3n) is 9.76. The first-order valence-electron chi connectivity index (χ1n) is 18.2. The number of anilines is 2. The van der Waals surface area contributed by atoms with Crippen LogP contribution in [0.4, 0.5) is 20.2 Å². The zero-order valence-corrected chi connectivity index (χ0v) is 31.1. The molecular formula is C40H46F2N8O4. The molecule has 2 saturated heterocycles. The molecular weight excluding hydrogens is 694 g/mol. The summed E-state index contributed by atoms with van der Waals surface area (Å²) in [6.07, 6.45) is 5.43. The molecule has 0 aliphatic carbocycles. The van der Waals surface area contributed by atoms with Crippen molar-refractivity contribution in [1.29, 1.82) is 0 Å². The van der Waals surface area contributed by atoms with Crippen molar-refractivity contribution in [3.05, 3.63) is 113 Å². The lowest BCUT2D eigenvalue weighted by Crippen LogP contribution is -2.46. The predicted molar refractivity (Wildman–Crippen MR) is 202 cm³/mol. The molecule has 0 amide bonds. The van der Waals surface area contributed by atoms with Crippen molar-refractivity contribution in [2.45, 2.75) is 65.0 Å². The molecule has 0 saturated carbocycles. The van der Waals surface area contributed by atoms with Crippen LogP contribution in [0.1, 0.15) is 52.1 Å². The van der Waals surface area contributed by atoms with Crippen LogP contribution in [0.15, 0.2) is 90.5 Å². The molecule has 4 heterocycles. The Kier molecular flexibility index (Phi) is 12.4. The van der Waals surface area contributed by atoms with Gasteiger partial charge in [0.15, 0.2) is 6.29 Å². The molecule has 0 spiro atoms. The Hall–Kier alpha value is -5.52. The van der Waals surface area contributed by atoms with E-state index in [0.717, 1.165) is 62.1 Å². The van der Waals surface area contributed by atoms with E-state index >= 15 is 0 Å². The van der Waals surface area contributed by atoms with Crippen molar-refractivity contribution in [3.63, 3.8) is 0 Å². The lowest BCUT2D eigenvalue weighted by molar-refractivity contribution is -0.117. The summed E-state index contributed by atoms with van der Waals surface area (Å²) in [5.74, 6) is 4.61. The Bertz CT molecular complexity index is 2060. The van der Waals surface area contributed by atoms with Gasteiger partial charge < -0.3 is 24.0 Å². The maximum atomic E-state index is 14.9. The van der Waals surface area contributed by atoms with Crippen molar-refractivity contribution in [2.24, 2.45) is 0 Å². The second-order valence-corrected chi connectivity index (χ2v) is 13.1. The summed E-state index contributed by atoms with van der Waals surface area (Å²) < 4.78 is 51.4. The fraction of sp³-hybridized carbons (Fsp3) is 0.400. The van der Waals surface area contributed by atoms with Gasteiger partial charge in [0.2, 0.25) is 0 Å². The Morgan fingerprint density at radius 3 is 2.07 bits per heavy atom. The van der Waals surface area contributed by atoms with Crippen LogP contribution in [0.5, 0.6) is 5.75 Å². The molecule has 2 fully saturated rings. The number of hydrogen-bond donors (Lipinski definition) is 0. The van der Waals surface area contributed by atoms with E-state index < -0.39 is 23.5 Å². The number of benzene rings is 3. The van der Waals surface area contributed by atoms with Crippen molar-refractivity contribution in [3.8, 4) is 23.3 Å². The van der Waals surface area contributed by atoms with Crippen LogP contribution >= 0.6 is 0 Å². The van der Waals surface area contributed by atoms with E-state index in [9.17, 15) is 13.6 Å². The van der Waals surface area contributed by atoms with Crippen LogP contribution in [0.25, 0.3) is 5.69 Å². The summed E-state index contributed by atoms with van der Waals surface area (Å²) in [7, 11) is 0. The Morgan fingerprint density at radius 1 is 0.870 bits per heavy atom. The topological polar surface area (TPSA) is 105 Å². The summed E-state index contributed by atoms with van der Waals surface area (Å²) >= 11 is 0. The second-order valence-electron chi connectivity index (χ2n) is 13.1. The first-order chi connectivity index (χ1) is 26.3. The highest BCUT2D eigenvalue weighted by Crippen LogP contribution is 2.37. The molecule has 0 radical (unpaired) electrons. The highest BCUT2D eigenvalue weighted by Gasteiger charge is 2.45. The third kappa shape index (κ3) is 8.64. The van der Waals surface area contributed by atoms with Gasteiger partial charge in [0.1, 0.15) is 48.6 Å². The van der Waals surface area contributed by atoms with Crippen LogP contribution in [0, 0.1) is 23.5 Å². The van der Waals surface area contributed by atoms with Gasteiger partial charge in [-0.25, -0.2) is 32.5 Å². The SMILES string of the molecule is CC#CC.CCC(CC)n1ncn(-c2ccc(N3CCN(c4ccc(OC[C@H]5OCC(Cn6cncn6)(c6ccc(F)cc6F)O5)cc4)CC3)cc2)c1=O. The molecule has 2 aliphatic rings. The van der Waals surface area contributed by atoms with Crippen LogP contribution < -0.4 is 20.2 Å². The van der Waals surface area contributed by atoms with E-state index in [1.54, 1.807) is 15.6 Å². The first-order valence-corrected chi connectivity index (χ1v) is 18.2. The maximum Gasteiger partial charge on any atom is 0.350 e. The number of aromatic nitrogens is 6. The van der Waals surface area contributed by atoms with Gasteiger partial charge in [0, 0.05) is 49.2 Å².